The largest absolute Gasteiger partial charge is 0.449 e. The number of nitrogens with one attached hydrogen (secondary N) is 2. The normalized spacial score (nSPS) is 14.2. The third-order valence-corrected chi connectivity index (χ3v) is 5.76. The number of halogens is 1. The number of carbonyl (C=O) groups is 3. The zero-order chi connectivity index (χ0) is 23.5. The highest BCUT2D eigenvalue weighted by Crippen LogP contribution is 2.32. The molecule has 172 valence electrons. The average Bonchev–Trinajstić information content (AvgIpc) is 3.18. The van der Waals surface area contributed by atoms with E-state index in [1.807, 2.05) is 0 Å². The zero-order valence-electron chi connectivity index (χ0n) is 18.3. The monoisotopic (exact) mass is 469 g/mol. The number of amides is 4. The molecule has 0 spiro atoms. The summed E-state index contributed by atoms with van der Waals surface area (Å²) in [4.78, 5) is 45.5. The van der Waals surface area contributed by atoms with Crippen molar-refractivity contribution in [1.29, 1.82) is 0 Å². The molecule has 2 N–H and O–H groups in total. The maximum atomic E-state index is 13.1. The molecular formula is C23H24ClN5O4. The number of aromatic nitrogens is 1. The second-order valence-corrected chi connectivity index (χ2v) is 8.48. The average molecular weight is 470 g/mol. The van der Waals surface area contributed by atoms with E-state index in [-0.39, 0.29) is 23.6 Å². The lowest BCUT2D eigenvalue weighted by Gasteiger charge is -2.33. The van der Waals surface area contributed by atoms with Crippen molar-refractivity contribution in [2.24, 2.45) is 5.92 Å². The fourth-order valence-corrected chi connectivity index (χ4v) is 3.91. The molecular weight excluding hydrogens is 446 g/mol. The van der Waals surface area contributed by atoms with Gasteiger partial charge >= 0.3 is 6.03 Å². The number of anilines is 2. The Morgan fingerprint density at radius 1 is 1.09 bits per heavy atom. The van der Waals surface area contributed by atoms with Crippen LogP contribution in [0.4, 0.5) is 16.3 Å². The Hall–Kier alpha value is -3.59. The summed E-state index contributed by atoms with van der Waals surface area (Å²) in [6.45, 7) is 0.994. The van der Waals surface area contributed by atoms with Gasteiger partial charge in [-0.2, -0.15) is 0 Å². The maximum absolute atomic E-state index is 13.1. The number of piperidine rings is 1. The molecule has 0 unspecified atom stereocenters. The minimum atomic E-state index is -0.539. The molecule has 0 atom stereocenters. The van der Waals surface area contributed by atoms with Crippen LogP contribution in [0.1, 0.15) is 23.4 Å². The quantitative estimate of drug-likeness (QED) is 0.599. The summed E-state index contributed by atoms with van der Waals surface area (Å²) in [5.74, 6) is -0.736. The number of hydrogen-bond donors (Lipinski definition) is 2. The second-order valence-electron chi connectivity index (χ2n) is 8.05. The number of carbonyl (C=O) groups excluding carboxylic acids is 3. The Morgan fingerprint density at radius 3 is 2.48 bits per heavy atom. The summed E-state index contributed by atoms with van der Waals surface area (Å²) in [5.41, 5.74) is 0.794. The number of fused-ring (bicyclic) bond motifs is 1. The molecule has 4 amide bonds. The van der Waals surface area contributed by atoms with Gasteiger partial charge in [0, 0.05) is 44.7 Å². The number of pyridine rings is 1. The molecule has 4 rings (SSSR count). The van der Waals surface area contributed by atoms with Gasteiger partial charge in [-0.1, -0.05) is 23.7 Å². The summed E-state index contributed by atoms with van der Waals surface area (Å²) in [6, 6.07) is 10.2. The van der Waals surface area contributed by atoms with Crippen LogP contribution < -0.4 is 10.6 Å². The van der Waals surface area contributed by atoms with Crippen molar-refractivity contribution in [2.45, 2.75) is 12.8 Å². The number of rotatable bonds is 4. The van der Waals surface area contributed by atoms with E-state index >= 15 is 0 Å². The topological polar surface area (TPSA) is 108 Å². The van der Waals surface area contributed by atoms with Crippen molar-refractivity contribution >= 4 is 51.9 Å². The van der Waals surface area contributed by atoms with Crippen molar-refractivity contribution in [3.05, 3.63) is 53.4 Å². The Morgan fingerprint density at radius 2 is 1.82 bits per heavy atom. The van der Waals surface area contributed by atoms with Gasteiger partial charge in [0.2, 0.25) is 11.7 Å². The van der Waals surface area contributed by atoms with Crippen LogP contribution in [0.2, 0.25) is 5.02 Å². The highest BCUT2D eigenvalue weighted by Gasteiger charge is 2.30. The second kappa shape index (κ2) is 9.50. The van der Waals surface area contributed by atoms with Crippen LogP contribution in [0, 0.1) is 5.92 Å². The van der Waals surface area contributed by atoms with E-state index in [2.05, 4.69) is 15.6 Å². The molecule has 1 aliphatic heterocycles. The Labute approximate surface area is 195 Å². The van der Waals surface area contributed by atoms with E-state index in [1.165, 1.54) is 11.1 Å². The van der Waals surface area contributed by atoms with Gasteiger partial charge in [-0.05, 0) is 37.1 Å². The summed E-state index contributed by atoms with van der Waals surface area (Å²) in [6.07, 6.45) is 2.50. The highest BCUT2D eigenvalue weighted by atomic mass is 35.5. The van der Waals surface area contributed by atoms with Gasteiger partial charge < -0.3 is 24.9 Å². The van der Waals surface area contributed by atoms with Gasteiger partial charge in [-0.3, -0.25) is 9.59 Å². The summed E-state index contributed by atoms with van der Waals surface area (Å²) < 4.78 is 5.78. The molecule has 10 heteroatoms. The minimum Gasteiger partial charge on any atom is -0.449 e. The third kappa shape index (κ3) is 4.93. The van der Waals surface area contributed by atoms with Crippen molar-refractivity contribution in [1.82, 2.24) is 14.8 Å². The predicted octanol–water partition coefficient (Wildman–Crippen LogP) is 4.07. The van der Waals surface area contributed by atoms with Gasteiger partial charge in [0.15, 0.2) is 0 Å². The first kappa shape index (κ1) is 22.6. The molecule has 1 fully saturated rings. The molecule has 1 saturated heterocycles. The first-order chi connectivity index (χ1) is 15.8. The lowest BCUT2D eigenvalue weighted by molar-refractivity contribution is -0.121. The maximum Gasteiger partial charge on any atom is 0.319 e. The van der Waals surface area contributed by atoms with Gasteiger partial charge in [0.25, 0.3) is 5.91 Å². The van der Waals surface area contributed by atoms with Crippen LogP contribution in [0.5, 0.6) is 0 Å². The molecule has 1 aliphatic rings. The van der Waals surface area contributed by atoms with E-state index < -0.39 is 5.91 Å². The Kier molecular flexibility index (Phi) is 6.50. The molecule has 33 heavy (non-hydrogen) atoms. The van der Waals surface area contributed by atoms with E-state index in [0.717, 1.165) is 0 Å². The van der Waals surface area contributed by atoms with Gasteiger partial charge in [-0.25, -0.2) is 9.78 Å². The zero-order valence-corrected chi connectivity index (χ0v) is 19.1. The molecule has 0 bridgehead atoms. The fourth-order valence-electron chi connectivity index (χ4n) is 3.79. The number of para-hydroxylation sites is 1. The molecule has 1 aromatic carbocycles. The van der Waals surface area contributed by atoms with Crippen LogP contribution in [0.15, 0.2) is 47.0 Å². The van der Waals surface area contributed by atoms with Gasteiger partial charge in [0.05, 0.1) is 5.02 Å². The van der Waals surface area contributed by atoms with Crippen LogP contribution >= 0.6 is 11.6 Å². The van der Waals surface area contributed by atoms with Crippen LogP contribution in [0.3, 0.4) is 0 Å². The van der Waals surface area contributed by atoms with E-state index in [0.29, 0.717) is 53.4 Å². The SMILES string of the molecule is CN(C)C(=O)N1CCC(C(=O)Nc2c(C(=O)Nc3ccc(Cl)cn3)oc3ccccc23)CC1. The smallest absolute Gasteiger partial charge is 0.319 e. The van der Waals surface area contributed by atoms with E-state index in [4.69, 9.17) is 16.0 Å². The highest BCUT2D eigenvalue weighted by molar-refractivity contribution is 6.30. The van der Waals surface area contributed by atoms with Crippen LogP contribution in [-0.4, -0.2) is 59.8 Å². The molecule has 3 aromatic rings. The molecule has 0 radical (unpaired) electrons. The molecule has 0 aliphatic carbocycles. The van der Waals surface area contributed by atoms with Crippen LogP contribution in [-0.2, 0) is 4.79 Å². The lowest BCUT2D eigenvalue weighted by Crippen LogP contribution is -2.45. The first-order valence-electron chi connectivity index (χ1n) is 10.5. The molecule has 9 nitrogen and oxygen atoms in total. The van der Waals surface area contributed by atoms with Crippen molar-refractivity contribution in [3.63, 3.8) is 0 Å². The number of hydrogen-bond acceptors (Lipinski definition) is 5. The number of urea groups is 1. The fraction of sp³-hybridized carbons (Fsp3) is 0.304. The number of furan rings is 1. The van der Waals surface area contributed by atoms with Gasteiger partial charge in [-0.15, -0.1) is 0 Å². The van der Waals surface area contributed by atoms with Crippen molar-refractivity contribution < 1.29 is 18.8 Å². The van der Waals surface area contributed by atoms with Crippen LogP contribution in [0.25, 0.3) is 11.0 Å². The Bertz CT molecular complexity index is 1180. The summed E-state index contributed by atoms with van der Waals surface area (Å²) >= 11 is 5.85. The Balaban J connectivity index is 1.52. The number of likely N-dealkylation sites (tertiary alicyclic amines) is 1. The standard InChI is InChI=1S/C23H24ClN5O4/c1-28(2)23(32)29-11-9-14(10-12-29)21(30)27-19-16-5-3-4-6-17(16)33-20(19)22(31)26-18-8-7-15(24)13-25-18/h3-8,13-14H,9-12H2,1-2H3,(H,27,30)(H,25,26,31). The predicted molar refractivity (Wildman–Crippen MR) is 125 cm³/mol. The van der Waals surface area contributed by atoms with Gasteiger partial charge in [0.1, 0.15) is 17.1 Å². The third-order valence-electron chi connectivity index (χ3n) is 5.54. The molecule has 2 aromatic heterocycles. The van der Waals surface area contributed by atoms with E-state index in [9.17, 15) is 14.4 Å². The minimum absolute atomic E-state index is 0.0125. The lowest BCUT2D eigenvalue weighted by atomic mass is 9.96. The summed E-state index contributed by atoms with van der Waals surface area (Å²) in [7, 11) is 3.41. The molecule has 3 heterocycles. The molecule has 0 saturated carbocycles. The van der Waals surface area contributed by atoms with E-state index in [1.54, 1.807) is 55.4 Å². The number of nitrogens with zero attached hydrogens (tertiary/aromatic N) is 3. The number of benzene rings is 1. The van der Waals surface area contributed by atoms with Crippen molar-refractivity contribution in [2.75, 3.05) is 37.8 Å². The van der Waals surface area contributed by atoms with Crippen molar-refractivity contribution in [3.8, 4) is 0 Å². The first-order valence-corrected chi connectivity index (χ1v) is 10.9. The summed E-state index contributed by atoms with van der Waals surface area (Å²) in [5, 5.41) is 6.64.